The van der Waals surface area contributed by atoms with Crippen molar-refractivity contribution in [3.63, 3.8) is 0 Å². The minimum absolute atomic E-state index is 1.10. The molecule has 0 aliphatic carbocycles. The lowest BCUT2D eigenvalue weighted by atomic mass is 10.00. The Hall–Kier alpha value is -7.20. The van der Waals surface area contributed by atoms with Gasteiger partial charge in [0.2, 0.25) is 0 Å². The van der Waals surface area contributed by atoms with Crippen LogP contribution in [0.2, 0.25) is 0 Å². The van der Waals surface area contributed by atoms with Crippen LogP contribution in [0, 0.1) is 0 Å². The first-order chi connectivity index (χ1) is 28.2. The maximum absolute atomic E-state index is 2.38. The van der Waals surface area contributed by atoms with Gasteiger partial charge in [0, 0.05) is 53.7 Å². The highest BCUT2D eigenvalue weighted by atomic mass is 32.1. The largest absolute Gasteiger partial charge is 0.310 e. The zero-order chi connectivity index (χ0) is 37.7. The second kappa shape index (κ2) is 13.8. The third-order valence-electron chi connectivity index (χ3n) is 11.2. The van der Waals surface area contributed by atoms with Crippen LogP contribution in [-0.2, 0) is 0 Å². The Morgan fingerprint density at radius 2 is 0.772 bits per heavy atom. The summed E-state index contributed by atoms with van der Waals surface area (Å²) in [5.41, 5.74) is 14.1. The Labute approximate surface area is 335 Å². The van der Waals surface area contributed by atoms with Crippen molar-refractivity contribution in [2.24, 2.45) is 0 Å². The highest BCUT2D eigenvalue weighted by Crippen LogP contribution is 2.42. The summed E-state index contributed by atoms with van der Waals surface area (Å²) in [6, 6.07) is 79.4. The molecule has 9 aromatic carbocycles. The van der Waals surface area contributed by atoms with E-state index in [9.17, 15) is 0 Å². The number of hydrogen-bond acceptors (Lipinski definition) is 2. The Morgan fingerprint density at radius 1 is 0.298 bits per heavy atom. The van der Waals surface area contributed by atoms with E-state index in [2.05, 4.69) is 228 Å². The molecule has 0 amide bonds. The Kier molecular flexibility index (Phi) is 8.04. The first-order valence-corrected chi connectivity index (χ1v) is 20.2. The maximum atomic E-state index is 2.38. The molecule has 0 N–H and O–H groups in total. The van der Waals surface area contributed by atoms with Gasteiger partial charge in [-0.1, -0.05) is 140 Å². The second-order valence-electron chi connectivity index (χ2n) is 14.6. The average molecular weight is 745 g/mol. The fourth-order valence-corrected chi connectivity index (χ4v) is 9.49. The SMILES string of the molecule is c1ccc(-c2ccc(-c3ccc(N(c4ccc(-c5ccc6sc7ccccc7c6c5)cc4)c4ccc5c(c4)c4ccccc4n5-c4ccccc4)cc3)cc2)cc1. The molecule has 0 aliphatic heterocycles. The summed E-state index contributed by atoms with van der Waals surface area (Å²) in [6.45, 7) is 0. The van der Waals surface area contributed by atoms with Gasteiger partial charge in [0.1, 0.15) is 0 Å². The molecule has 3 heteroatoms. The van der Waals surface area contributed by atoms with Crippen LogP contribution in [0.3, 0.4) is 0 Å². The van der Waals surface area contributed by atoms with Gasteiger partial charge in [-0.2, -0.15) is 0 Å². The lowest BCUT2D eigenvalue weighted by Crippen LogP contribution is -2.10. The lowest BCUT2D eigenvalue weighted by molar-refractivity contribution is 1.18. The van der Waals surface area contributed by atoms with Crippen molar-refractivity contribution < 1.29 is 0 Å². The van der Waals surface area contributed by atoms with Crippen molar-refractivity contribution in [3.05, 3.63) is 218 Å². The summed E-state index contributed by atoms with van der Waals surface area (Å²) in [7, 11) is 0. The lowest BCUT2D eigenvalue weighted by Gasteiger charge is -2.26. The summed E-state index contributed by atoms with van der Waals surface area (Å²) in [5, 5.41) is 5.09. The first-order valence-electron chi connectivity index (χ1n) is 19.4. The molecule has 0 spiro atoms. The summed E-state index contributed by atoms with van der Waals surface area (Å²) in [6.07, 6.45) is 0. The normalized spacial score (nSPS) is 11.5. The monoisotopic (exact) mass is 744 g/mol. The summed E-state index contributed by atoms with van der Waals surface area (Å²) < 4.78 is 5.02. The number of aromatic nitrogens is 1. The van der Waals surface area contributed by atoms with E-state index in [1.165, 1.54) is 75.4 Å². The predicted octanol–water partition coefficient (Wildman–Crippen LogP) is 15.6. The van der Waals surface area contributed by atoms with Crippen molar-refractivity contribution in [3.8, 4) is 39.1 Å². The Bertz CT molecular complexity index is 3200. The number of benzene rings is 9. The van der Waals surface area contributed by atoms with E-state index in [1.807, 2.05) is 11.3 Å². The van der Waals surface area contributed by atoms with E-state index in [0.717, 1.165) is 22.7 Å². The fraction of sp³-hybridized carbons (Fsp3) is 0. The quantitative estimate of drug-likeness (QED) is 0.158. The molecule has 0 saturated heterocycles. The number of rotatable bonds is 7. The molecule has 0 fully saturated rings. The molecule has 268 valence electrons. The predicted molar refractivity (Wildman–Crippen MR) is 245 cm³/mol. The van der Waals surface area contributed by atoms with Crippen molar-refractivity contribution in [2.75, 3.05) is 4.90 Å². The van der Waals surface area contributed by atoms with E-state index in [0.29, 0.717) is 0 Å². The van der Waals surface area contributed by atoms with Gasteiger partial charge in [0.05, 0.1) is 11.0 Å². The third-order valence-corrected chi connectivity index (χ3v) is 12.4. The smallest absolute Gasteiger partial charge is 0.0542 e. The molecule has 0 saturated carbocycles. The van der Waals surface area contributed by atoms with Gasteiger partial charge >= 0.3 is 0 Å². The van der Waals surface area contributed by atoms with Gasteiger partial charge < -0.3 is 9.47 Å². The molecule has 0 atom stereocenters. The third kappa shape index (κ3) is 5.88. The number of nitrogens with zero attached hydrogens (tertiary/aromatic N) is 2. The van der Waals surface area contributed by atoms with E-state index >= 15 is 0 Å². The van der Waals surface area contributed by atoms with Crippen molar-refractivity contribution in [1.82, 2.24) is 4.57 Å². The van der Waals surface area contributed by atoms with Gasteiger partial charge in [-0.25, -0.2) is 0 Å². The zero-order valence-electron chi connectivity index (χ0n) is 31.1. The van der Waals surface area contributed by atoms with E-state index in [1.54, 1.807) is 0 Å². The molecule has 57 heavy (non-hydrogen) atoms. The topological polar surface area (TPSA) is 8.17 Å². The fourth-order valence-electron chi connectivity index (χ4n) is 8.40. The Morgan fingerprint density at radius 3 is 1.46 bits per heavy atom. The molecule has 2 heterocycles. The number of hydrogen-bond donors (Lipinski definition) is 0. The standard InChI is InChI=1S/C54H36N2S/c1-3-11-37(12-4-1)38-19-21-39(22-20-38)40-23-28-44(29-24-40)55(45-30-25-41(26-31-45)42-27-34-54-50(35-42)48-16-8-10-18-53(48)57-54)46-32-33-52-49(36-46)47-15-7-9-17-51(47)56(52)43-13-5-2-6-14-43/h1-36H. The van der Waals surface area contributed by atoms with Crippen molar-refractivity contribution in [2.45, 2.75) is 0 Å². The molecule has 0 bridgehead atoms. The molecule has 0 unspecified atom stereocenters. The molecular weight excluding hydrogens is 709 g/mol. The van der Waals surface area contributed by atoms with Crippen LogP contribution in [0.1, 0.15) is 0 Å². The molecule has 2 nitrogen and oxygen atoms in total. The zero-order valence-corrected chi connectivity index (χ0v) is 31.9. The van der Waals surface area contributed by atoms with E-state index in [4.69, 9.17) is 0 Å². The van der Waals surface area contributed by atoms with E-state index < -0.39 is 0 Å². The molecule has 2 aromatic heterocycles. The maximum Gasteiger partial charge on any atom is 0.0542 e. The second-order valence-corrected chi connectivity index (χ2v) is 15.7. The van der Waals surface area contributed by atoms with Crippen LogP contribution in [0.25, 0.3) is 81.0 Å². The molecule has 0 aliphatic rings. The number of fused-ring (bicyclic) bond motifs is 6. The van der Waals surface area contributed by atoms with Crippen LogP contribution in [0.5, 0.6) is 0 Å². The number of thiophene rings is 1. The number of para-hydroxylation sites is 2. The summed E-state index contributed by atoms with van der Waals surface area (Å²) in [5.74, 6) is 0. The summed E-state index contributed by atoms with van der Waals surface area (Å²) >= 11 is 1.86. The van der Waals surface area contributed by atoms with Crippen LogP contribution >= 0.6 is 11.3 Å². The van der Waals surface area contributed by atoms with Crippen LogP contribution < -0.4 is 4.90 Å². The first kappa shape index (κ1) is 33.2. The average Bonchev–Trinajstić information content (AvgIpc) is 3.83. The molecule has 11 aromatic rings. The van der Waals surface area contributed by atoms with Gasteiger partial charge in [0.25, 0.3) is 0 Å². The number of anilines is 3. The van der Waals surface area contributed by atoms with Gasteiger partial charge in [-0.05, 0) is 112 Å². The van der Waals surface area contributed by atoms with Crippen molar-refractivity contribution in [1.29, 1.82) is 0 Å². The minimum atomic E-state index is 1.10. The Balaban J connectivity index is 1.01. The highest BCUT2D eigenvalue weighted by Gasteiger charge is 2.18. The van der Waals surface area contributed by atoms with Gasteiger partial charge in [-0.15, -0.1) is 11.3 Å². The van der Waals surface area contributed by atoms with E-state index in [-0.39, 0.29) is 0 Å². The molecule has 0 radical (unpaired) electrons. The van der Waals surface area contributed by atoms with Crippen LogP contribution in [0.15, 0.2) is 218 Å². The van der Waals surface area contributed by atoms with Crippen LogP contribution in [-0.4, -0.2) is 4.57 Å². The molecular formula is C54H36N2S. The van der Waals surface area contributed by atoms with Gasteiger partial charge in [0.15, 0.2) is 0 Å². The summed E-state index contributed by atoms with van der Waals surface area (Å²) in [4.78, 5) is 2.38. The van der Waals surface area contributed by atoms with Crippen molar-refractivity contribution >= 4 is 70.4 Å². The minimum Gasteiger partial charge on any atom is -0.310 e. The highest BCUT2D eigenvalue weighted by molar-refractivity contribution is 7.25. The molecule has 11 rings (SSSR count). The van der Waals surface area contributed by atoms with Gasteiger partial charge in [-0.3, -0.25) is 0 Å². The van der Waals surface area contributed by atoms with Crippen LogP contribution in [0.4, 0.5) is 17.1 Å².